The number of hydrogen-bond acceptors (Lipinski definition) is 4. The van der Waals surface area contributed by atoms with Crippen molar-refractivity contribution in [3.63, 3.8) is 0 Å². The van der Waals surface area contributed by atoms with E-state index in [0.717, 1.165) is 49.2 Å². The molecule has 1 rings (SSSR count). The van der Waals surface area contributed by atoms with E-state index in [1.165, 1.54) is 0 Å². The number of aliphatic imine (C=N–C) groups is 1. The summed E-state index contributed by atoms with van der Waals surface area (Å²) < 4.78 is 10.7. The highest BCUT2D eigenvalue weighted by Gasteiger charge is 2.11. The van der Waals surface area contributed by atoms with E-state index < -0.39 is 0 Å². The van der Waals surface area contributed by atoms with Gasteiger partial charge in [0.15, 0.2) is 5.96 Å². The highest BCUT2D eigenvalue weighted by molar-refractivity contribution is 14.0. The van der Waals surface area contributed by atoms with Crippen LogP contribution in [-0.4, -0.2) is 70.3 Å². The fourth-order valence-corrected chi connectivity index (χ4v) is 2.27. The third-order valence-corrected chi connectivity index (χ3v) is 3.88. The lowest BCUT2D eigenvalue weighted by atomic mass is 10.2. The number of guanidine groups is 1. The molecule has 0 atom stereocenters. The fourth-order valence-electron chi connectivity index (χ4n) is 2.27. The van der Waals surface area contributed by atoms with E-state index in [1.54, 1.807) is 14.2 Å². The Morgan fingerprint density at radius 2 is 1.88 bits per heavy atom. The number of hydrogen-bond donors (Lipinski definition) is 1. The van der Waals surface area contributed by atoms with Gasteiger partial charge in [-0.25, -0.2) is 0 Å². The van der Waals surface area contributed by atoms with Crippen molar-refractivity contribution in [2.24, 2.45) is 4.99 Å². The quantitative estimate of drug-likeness (QED) is 0.346. The molecule has 0 bridgehead atoms. The van der Waals surface area contributed by atoms with Crippen molar-refractivity contribution in [2.45, 2.75) is 20.4 Å². The highest BCUT2D eigenvalue weighted by Crippen LogP contribution is 2.25. The Labute approximate surface area is 169 Å². The molecule has 0 aliphatic heterocycles. The van der Waals surface area contributed by atoms with Gasteiger partial charge in [-0.1, -0.05) is 6.92 Å². The first-order chi connectivity index (χ1) is 11.5. The fraction of sp³-hybridized carbons (Fsp3) is 0.611. The third-order valence-electron chi connectivity index (χ3n) is 3.88. The topological polar surface area (TPSA) is 49.3 Å². The van der Waals surface area contributed by atoms with E-state index in [9.17, 15) is 0 Å². The van der Waals surface area contributed by atoms with Crippen molar-refractivity contribution in [1.29, 1.82) is 0 Å². The van der Waals surface area contributed by atoms with E-state index in [4.69, 9.17) is 14.5 Å². The van der Waals surface area contributed by atoms with Crippen LogP contribution in [0.1, 0.15) is 19.4 Å². The van der Waals surface area contributed by atoms with Crippen LogP contribution in [-0.2, 0) is 6.54 Å². The molecule has 6 nitrogen and oxygen atoms in total. The van der Waals surface area contributed by atoms with Gasteiger partial charge in [0, 0.05) is 38.3 Å². The van der Waals surface area contributed by atoms with Gasteiger partial charge in [0.1, 0.15) is 11.5 Å². The van der Waals surface area contributed by atoms with E-state index >= 15 is 0 Å². The van der Waals surface area contributed by atoms with Crippen molar-refractivity contribution in [3.8, 4) is 11.5 Å². The maximum absolute atomic E-state index is 5.48. The Bertz CT molecular complexity index is 526. The van der Waals surface area contributed by atoms with Gasteiger partial charge in [0.25, 0.3) is 0 Å². The lowest BCUT2D eigenvalue weighted by Crippen LogP contribution is -2.39. The molecule has 0 saturated heterocycles. The van der Waals surface area contributed by atoms with Gasteiger partial charge in [-0.15, -0.1) is 24.0 Å². The molecule has 1 N–H and O–H groups in total. The zero-order valence-corrected chi connectivity index (χ0v) is 18.7. The summed E-state index contributed by atoms with van der Waals surface area (Å²) in [5.74, 6) is 2.52. The van der Waals surface area contributed by atoms with Crippen LogP contribution in [0.15, 0.2) is 23.2 Å². The molecule has 7 heteroatoms. The molecule has 1 aromatic rings. The second-order valence-electron chi connectivity index (χ2n) is 5.67. The van der Waals surface area contributed by atoms with Crippen LogP contribution in [0.4, 0.5) is 0 Å². The van der Waals surface area contributed by atoms with Gasteiger partial charge in [-0.3, -0.25) is 4.99 Å². The minimum atomic E-state index is 0. The molecule has 0 spiro atoms. The largest absolute Gasteiger partial charge is 0.497 e. The maximum atomic E-state index is 5.48. The van der Waals surface area contributed by atoms with Gasteiger partial charge in [-0.2, -0.15) is 0 Å². The molecule has 0 aliphatic carbocycles. The summed E-state index contributed by atoms with van der Waals surface area (Å²) in [4.78, 5) is 9.07. The number of benzene rings is 1. The lowest BCUT2D eigenvalue weighted by molar-refractivity contribution is 0.361. The molecule has 0 saturated carbocycles. The first-order valence-electron chi connectivity index (χ1n) is 8.44. The standard InChI is InChI=1S/C18H32N4O2.HI/c1-7-19-18(20-11-12-21(3)8-2)22(4)14-15-9-10-16(23-5)13-17(15)24-6;/h9-10,13H,7-8,11-12,14H2,1-6H3,(H,19,20);1H. The predicted octanol–water partition coefficient (Wildman–Crippen LogP) is 2.67. The van der Waals surface area contributed by atoms with Crippen molar-refractivity contribution in [2.75, 3.05) is 54.5 Å². The molecule has 0 heterocycles. The Kier molecular flexibility index (Phi) is 12.4. The van der Waals surface area contributed by atoms with Gasteiger partial charge < -0.3 is 24.6 Å². The van der Waals surface area contributed by atoms with Crippen LogP contribution in [0.3, 0.4) is 0 Å². The molecular formula is C18H33IN4O2. The van der Waals surface area contributed by atoms with Crippen molar-refractivity contribution >= 4 is 29.9 Å². The van der Waals surface area contributed by atoms with Crippen LogP contribution in [0.2, 0.25) is 0 Å². The number of ether oxygens (including phenoxy) is 2. The van der Waals surface area contributed by atoms with Gasteiger partial charge in [-0.05, 0) is 32.6 Å². The summed E-state index contributed by atoms with van der Waals surface area (Å²) in [5.41, 5.74) is 1.09. The average molecular weight is 464 g/mol. The maximum Gasteiger partial charge on any atom is 0.194 e. The zero-order chi connectivity index (χ0) is 17.9. The van der Waals surface area contributed by atoms with Gasteiger partial charge in [0.05, 0.1) is 20.8 Å². The minimum absolute atomic E-state index is 0. The van der Waals surface area contributed by atoms with Crippen LogP contribution < -0.4 is 14.8 Å². The zero-order valence-electron chi connectivity index (χ0n) is 16.3. The molecule has 144 valence electrons. The normalized spacial score (nSPS) is 11.1. The van der Waals surface area contributed by atoms with Crippen LogP contribution in [0.5, 0.6) is 11.5 Å². The second-order valence-corrected chi connectivity index (χ2v) is 5.67. The molecule has 25 heavy (non-hydrogen) atoms. The summed E-state index contributed by atoms with van der Waals surface area (Å²) in [6.45, 7) is 8.54. The van der Waals surface area contributed by atoms with Crippen LogP contribution in [0, 0.1) is 0 Å². The monoisotopic (exact) mass is 464 g/mol. The number of halogens is 1. The van der Waals surface area contributed by atoms with E-state index in [-0.39, 0.29) is 24.0 Å². The summed E-state index contributed by atoms with van der Waals surface area (Å²) in [6.07, 6.45) is 0. The SMILES string of the molecule is CCNC(=NCCN(C)CC)N(C)Cc1ccc(OC)cc1OC.I. The molecule has 0 amide bonds. The third kappa shape index (κ3) is 8.13. The summed E-state index contributed by atoms with van der Waals surface area (Å²) >= 11 is 0. The van der Waals surface area contributed by atoms with Gasteiger partial charge in [0.2, 0.25) is 0 Å². The van der Waals surface area contributed by atoms with Crippen molar-refractivity contribution < 1.29 is 9.47 Å². The molecule has 0 aliphatic rings. The summed E-state index contributed by atoms with van der Waals surface area (Å²) in [5, 5.41) is 3.35. The van der Waals surface area contributed by atoms with E-state index in [2.05, 4.69) is 36.0 Å². The molecule has 0 unspecified atom stereocenters. The Morgan fingerprint density at radius 3 is 2.44 bits per heavy atom. The van der Waals surface area contributed by atoms with Crippen molar-refractivity contribution in [1.82, 2.24) is 15.1 Å². The van der Waals surface area contributed by atoms with Crippen LogP contribution >= 0.6 is 24.0 Å². The highest BCUT2D eigenvalue weighted by atomic mass is 127. The van der Waals surface area contributed by atoms with Crippen molar-refractivity contribution in [3.05, 3.63) is 23.8 Å². The second kappa shape index (κ2) is 13.0. The summed E-state index contributed by atoms with van der Waals surface area (Å²) in [6, 6.07) is 5.89. The number of likely N-dealkylation sites (N-methyl/N-ethyl adjacent to an activating group) is 1. The lowest BCUT2D eigenvalue weighted by Gasteiger charge is -2.23. The van der Waals surface area contributed by atoms with E-state index in [1.807, 2.05) is 25.2 Å². The number of methoxy groups -OCH3 is 2. The Morgan fingerprint density at radius 1 is 1.16 bits per heavy atom. The molecule has 0 radical (unpaired) electrons. The van der Waals surface area contributed by atoms with Gasteiger partial charge >= 0.3 is 0 Å². The molecule has 0 aromatic heterocycles. The molecular weight excluding hydrogens is 431 g/mol. The Hall–Kier alpha value is -1.22. The number of nitrogens with zero attached hydrogens (tertiary/aromatic N) is 3. The first kappa shape index (κ1) is 23.8. The summed E-state index contributed by atoms with van der Waals surface area (Å²) in [7, 11) is 7.48. The van der Waals surface area contributed by atoms with Crippen LogP contribution in [0.25, 0.3) is 0 Å². The smallest absolute Gasteiger partial charge is 0.194 e. The average Bonchev–Trinajstić information content (AvgIpc) is 2.60. The number of nitrogens with one attached hydrogen (secondary N) is 1. The molecule has 0 fully saturated rings. The predicted molar refractivity (Wildman–Crippen MR) is 116 cm³/mol. The minimum Gasteiger partial charge on any atom is -0.497 e. The number of rotatable bonds is 9. The van der Waals surface area contributed by atoms with E-state index in [0.29, 0.717) is 6.54 Å². The first-order valence-corrected chi connectivity index (χ1v) is 8.44. The molecule has 1 aromatic carbocycles. The Balaban J connectivity index is 0.00000576.